The molecule has 2 rings (SSSR count). The van der Waals surface area contributed by atoms with E-state index in [1.54, 1.807) is 6.07 Å². The summed E-state index contributed by atoms with van der Waals surface area (Å²) in [5, 5.41) is 11.9. The summed E-state index contributed by atoms with van der Waals surface area (Å²) in [5.41, 5.74) is 0.839. The third-order valence-electron chi connectivity index (χ3n) is 2.26. The van der Waals surface area contributed by atoms with Crippen LogP contribution in [-0.4, -0.2) is 16.1 Å². The van der Waals surface area contributed by atoms with Crippen molar-refractivity contribution >= 4 is 44.9 Å². The van der Waals surface area contributed by atoms with E-state index in [1.807, 2.05) is 0 Å². The van der Waals surface area contributed by atoms with Crippen LogP contribution in [0.3, 0.4) is 0 Å². The Hall–Kier alpha value is -1.66. The summed E-state index contributed by atoms with van der Waals surface area (Å²) in [4.78, 5) is 14.5. The minimum atomic E-state index is -1.13. The second kappa shape index (κ2) is 5.54. The molecule has 0 fully saturated rings. The van der Waals surface area contributed by atoms with E-state index < -0.39 is 11.8 Å². The van der Waals surface area contributed by atoms with Crippen LogP contribution in [0.25, 0.3) is 0 Å². The molecule has 2 N–H and O–H groups in total. The van der Waals surface area contributed by atoms with Crippen molar-refractivity contribution in [3.8, 4) is 0 Å². The van der Waals surface area contributed by atoms with Crippen LogP contribution >= 0.6 is 27.5 Å². The average molecular weight is 346 g/mol. The van der Waals surface area contributed by atoms with Gasteiger partial charge in [0.1, 0.15) is 11.5 Å². The van der Waals surface area contributed by atoms with Crippen LogP contribution < -0.4 is 5.32 Å². The third kappa shape index (κ3) is 3.21. The van der Waals surface area contributed by atoms with Crippen molar-refractivity contribution in [3.63, 3.8) is 0 Å². The van der Waals surface area contributed by atoms with Crippen LogP contribution in [0, 0.1) is 5.82 Å². The number of pyridine rings is 1. The van der Waals surface area contributed by atoms with Gasteiger partial charge in [0.25, 0.3) is 0 Å². The number of hydrogen-bond donors (Lipinski definition) is 2. The van der Waals surface area contributed by atoms with Gasteiger partial charge in [-0.15, -0.1) is 0 Å². The number of nitrogens with one attached hydrogen (secondary N) is 1. The van der Waals surface area contributed by atoms with E-state index in [4.69, 9.17) is 16.7 Å². The van der Waals surface area contributed by atoms with Gasteiger partial charge in [0.2, 0.25) is 0 Å². The molecule has 1 aromatic heterocycles. The van der Waals surface area contributed by atoms with Gasteiger partial charge in [0.15, 0.2) is 0 Å². The zero-order chi connectivity index (χ0) is 14.0. The molecule has 0 atom stereocenters. The van der Waals surface area contributed by atoms with Gasteiger partial charge in [0, 0.05) is 16.4 Å². The highest BCUT2D eigenvalue weighted by atomic mass is 79.9. The summed E-state index contributed by atoms with van der Waals surface area (Å²) in [5.74, 6) is -1.60. The molecule has 0 amide bonds. The summed E-state index contributed by atoms with van der Waals surface area (Å²) in [6.45, 7) is 0. The topological polar surface area (TPSA) is 62.2 Å². The van der Waals surface area contributed by atoms with Gasteiger partial charge in [-0.05, 0) is 40.2 Å². The number of carboxylic acid groups (broad SMARTS) is 1. The second-order valence-electron chi connectivity index (χ2n) is 3.60. The predicted octanol–water partition coefficient (Wildman–Crippen LogP) is 4.08. The van der Waals surface area contributed by atoms with Gasteiger partial charge in [-0.1, -0.05) is 11.6 Å². The van der Waals surface area contributed by atoms with Gasteiger partial charge in [-0.25, -0.2) is 14.2 Å². The number of anilines is 2. The van der Waals surface area contributed by atoms with E-state index >= 15 is 0 Å². The zero-order valence-corrected chi connectivity index (χ0v) is 11.7. The number of benzene rings is 1. The molecule has 98 valence electrons. The molecule has 0 aliphatic rings. The fourth-order valence-corrected chi connectivity index (χ4v) is 2.33. The highest BCUT2D eigenvalue weighted by Gasteiger charge is 2.10. The number of hydrogen-bond acceptors (Lipinski definition) is 3. The lowest BCUT2D eigenvalue weighted by atomic mass is 10.2. The van der Waals surface area contributed by atoms with Crippen LogP contribution in [0.5, 0.6) is 0 Å². The van der Waals surface area contributed by atoms with E-state index in [0.717, 1.165) is 6.07 Å². The summed E-state index contributed by atoms with van der Waals surface area (Å²) >= 11 is 9.11. The SMILES string of the molecule is O=C(O)c1cc(Nc2c(Cl)cc(F)cc2Br)ccn1. The smallest absolute Gasteiger partial charge is 0.354 e. The number of halogens is 3. The van der Waals surface area contributed by atoms with Crippen molar-refractivity contribution in [2.75, 3.05) is 5.32 Å². The molecule has 0 saturated heterocycles. The van der Waals surface area contributed by atoms with Gasteiger partial charge < -0.3 is 10.4 Å². The zero-order valence-electron chi connectivity index (χ0n) is 9.32. The first-order valence-electron chi connectivity index (χ1n) is 5.08. The average Bonchev–Trinajstić information content (AvgIpc) is 2.34. The molecule has 0 unspecified atom stereocenters. The Morgan fingerprint density at radius 3 is 2.79 bits per heavy atom. The lowest BCUT2D eigenvalue weighted by Gasteiger charge is -2.11. The molecule has 7 heteroatoms. The van der Waals surface area contributed by atoms with Crippen LogP contribution in [0.1, 0.15) is 10.5 Å². The van der Waals surface area contributed by atoms with Gasteiger partial charge in [-0.3, -0.25) is 0 Å². The van der Waals surface area contributed by atoms with E-state index in [-0.39, 0.29) is 10.7 Å². The number of carbonyl (C=O) groups is 1. The number of carboxylic acids is 1. The first kappa shape index (κ1) is 13.8. The van der Waals surface area contributed by atoms with Crippen LogP contribution in [0.4, 0.5) is 15.8 Å². The molecule has 0 aliphatic heterocycles. The van der Waals surface area contributed by atoms with Crippen LogP contribution in [0.15, 0.2) is 34.9 Å². The molecule has 0 spiro atoms. The van der Waals surface area contributed by atoms with Crippen molar-refractivity contribution in [1.82, 2.24) is 4.98 Å². The van der Waals surface area contributed by atoms with Crippen LogP contribution in [0.2, 0.25) is 5.02 Å². The van der Waals surface area contributed by atoms with E-state index in [1.165, 1.54) is 18.3 Å². The second-order valence-corrected chi connectivity index (χ2v) is 4.87. The van der Waals surface area contributed by atoms with Crippen molar-refractivity contribution in [3.05, 3.63) is 51.5 Å². The van der Waals surface area contributed by atoms with Crippen molar-refractivity contribution in [2.24, 2.45) is 0 Å². The van der Waals surface area contributed by atoms with Crippen molar-refractivity contribution in [1.29, 1.82) is 0 Å². The molecule has 0 aliphatic carbocycles. The minimum Gasteiger partial charge on any atom is -0.477 e. The molecule has 0 saturated carbocycles. The Balaban J connectivity index is 2.36. The predicted molar refractivity (Wildman–Crippen MR) is 73.6 cm³/mol. The quantitative estimate of drug-likeness (QED) is 0.880. The van der Waals surface area contributed by atoms with Gasteiger partial charge in [-0.2, -0.15) is 0 Å². The number of aromatic carboxylic acids is 1. The maximum Gasteiger partial charge on any atom is 0.354 e. The highest BCUT2D eigenvalue weighted by Crippen LogP contribution is 2.34. The Labute approximate surface area is 121 Å². The molecule has 0 bridgehead atoms. The van der Waals surface area contributed by atoms with Gasteiger partial charge >= 0.3 is 5.97 Å². The fourth-order valence-electron chi connectivity index (χ4n) is 1.43. The highest BCUT2D eigenvalue weighted by molar-refractivity contribution is 9.10. The molecular weight excluding hydrogens is 338 g/mol. The first-order valence-corrected chi connectivity index (χ1v) is 6.25. The molecule has 4 nitrogen and oxygen atoms in total. The van der Waals surface area contributed by atoms with E-state index in [0.29, 0.717) is 15.8 Å². The van der Waals surface area contributed by atoms with E-state index in [2.05, 4.69) is 26.2 Å². The Morgan fingerprint density at radius 2 is 2.16 bits per heavy atom. The third-order valence-corrected chi connectivity index (χ3v) is 3.18. The summed E-state index contributed by atoms with van der Waals surface area (Å²) in [7, 11) is 0. The molecule has 2 aromatic rings. The van der Waals surface area contributed by atoms with Crippen molar-refractivity contribution in [2.45, 2.75) is 0 Å². The lowest BCUT2D eigenvalue weighted by molar-refractivity contribution is 0.0690. The molecule has 1 aromatic carbocycles. The Kier molecular flexibility index (Phi) is 4.01. The van der Waals surface area contributed by atoms with Gasteiger partial charge in [0.05, 0.1) is 10.7 Å². The monoisotopic (exact) mass is 344 g/mol. The first-order chi connectivity index (χ1) is 8.97. The van der Waals surface area contributed by atoms with E-state index in [9.17, 15) is 9.18 Å². The Morgan fingerprint density at radius 1 is 1.42 bits per heavy atom. The van der Waals surface area contributed by atoms with Crippen molar-refractivity contribution < 1.29 is 14.3 Å². The minimum absolute atomic E-state index is 0.0978. The summed E-state index contributed by atoms with van der Waals surface area (Å²) in [6.07, 6.45) is 1.36. The Bertz CT molecular complexity index is 628. The molecule has 19 heavy (non-hydrogen) atoms. The molecule has 0 radical (unpaired) electrons. The molecular formula is C12H7BrClFN2O2. The normalized spacial score (nSPS) is 10.3. The number of aromatic nitrogens is 1. The lowest BCUT2D eigenvalue weighted by Crippen LogP contribution is -2.01. The number of rotatable bonds is 3. The maximum absolute atomic E-state index is 13.1. The van der Waals surface area contributed by atoms with Crippen LogP contribution in [-0.2, 0) is 0 Å². The molecule has 1 heterocycles. The summed E-state index contributed by atoms with van der Waals surface area (Å²) < 4.78 is 13.5. The fraction of sp³-hybridized carbons (Fsp3) is 0. The largest absolute Gasteiger partial charge is 0.477 e. The number of nitrogens with zero attached hydrogens (tertiary/aromatic N) is 1. The standard InChI is InChI=1S/C12H7BrClFN2O2/c13-8-3-6(15)4-9(14)11(8)17-7-1-2-16-10(5-7)12(18)19/h1-5H,(H,16,17)(H,18,19). The summed E-state index contributed by atoms with van der Waals surface area (Å²) in [6, 6.07) is 5.36. The maximum atomic E-state index is 13.1.